The zero-order valence-corrected chi connectivity index (χ0v) is 25.0. The van der Waals surface area contributed by atoms with Gasteiger partial charge in [0.05, 0.1) is 0 Å². The number of hydrogen-bond donors (Lipinski definition) is 0. The Balaban J connectivity index is 1.39. The lowest BCUT2D eigenvalue weighted by Crippen LogP contribution is -2.23. The third-order valence-corrected chi connectivity index (χ3v) is 11.9. The molecule has 0 amide bonds. The SMILES string of the molecule is [C-]#[N+]C(C#N)=Nc1ccc(C2=Cc3sc4c(c3C2(C)C)C(C)(C)c2cc(-c3ccc(N=C(C#N)[N+]#[C-])s3)sc2-4)s1. The van der Waals surface area contributed by atoms with E-state index in [1.165, 1.54) is 64.4 Å². The van der Waals surface area contributed by atoms with Gasteiger partial charge < -0.3 is 9.69 Å². The van der Waals surface area contributed by atoms with E-state index < -0.39 is 0 Å². The highest BCUT2D eigenvalue weighted by atomic mass is 32.1. The van der Waals surface area contributed by atoms with Crippen molar-refractivity contribution in [2.75, 3.05) is 0 Å². The molecule has 0 saturated carbocycles. The first-order chi connectivity index (χ1) is 19.1. The Morgan fingerprint density at radius 2 is 1.35 bits per heavy atom. The molecule has 40 heavy (non-hydrogen) atoms. The molecule has 10 heteroatoms. The molecule has 0 N–H and O–H groups in total. The number of thiophene rings is 4. The molecule has 4 aromatic rings. The van der Waals surface area contributed by atoms with Crippen molar-refractivity contribution in [2.24, 2.45) is 9.98 Å². The Kier molecular flexibility index (Phi) is 6.00. The van der Waals surface area contributed by atoms with Gasteiger partial charge in [-0.25, -0.2) is 10.5 Å². The summed E-state index contributed by atoms with van der Waals surface area (Å²) in [6.45, 7) is 23.4. The van der Waals surface area contributed by atoms with Crippen LogP contribution < -0.4 is 0 Å². The summed E-state index contributed by atoms with van der Waals surface area (Å²) in [5.74, 6) is -0.308. The lowest BCUT2D eigenvalue weighted by atomic mass is 9.73. The molecule has 0 aromatic carbocycles. The molecule has 0 atom stereocenters. The van der Waals surface area contributed by atoms with Crippen LogP contribution in [0, 0.1) is 35.8 Å². The average Bonchev–Trinajstić information content (AvgIpc) is 3.75. The average molecular weight is 591 g/mol. The van der Waals surface area contributed by atoms with Gasteiger partial charge in [-0.05, 0) is 58.7 Å². The first-order valence-electron chi connectivity index (χ1n) is 12.1. The van der Waals surface area contributed by atoms with Gasteiger partial charge in [0.25, 0.3) is 0 Å². The monoisotopic (exact) mass is 590 g/mol. The van der Waals surface area contributed by atoms with Crippen LogP contribution in [-0.2, 0) is 10.8 Å². The summed E-state index contributed by atoms with van der Waals surface area (Å²) in [6, 6.07) is 13.8. The predicted molar refractivity (Wildman–Crippen MR) is 167 cm³/mol. The molecule has 0 bridgehead atoms. The van der Waals surface area contributed by atoms with E-state index in [1.807, 2.05) is 47.7 Å². The maximum absolute atomic E-state index is 9.08. The summed E-state index contributed by atoms with van der Waals surface area (Å²) in [7, 11) is 0. The minimum Gasteiger partial charge on any atom is -0.351 e. The van der Waals surface area contributed by atoms with Gasteiger partial charge in [-0.1, -0.05) is 73.5 Å². The topological polar surface area (TPSA) is 81.0 Å². The van der Waals surface area contributed by atoms with Gasteiger partial charge in [0.15, 0.2) is 0 Å². The zero-order valence-electron chi connectivity index (χ0n) is 21.8. The Morgan fingerprint density at radius 1 is 0.750 bits per heavy atom. The first-order valence-corrected chi connectivity index (χ1v) is 15.4. The molecule has 0 aliphatic heterocycles. The van der Waals surface area contributed by atoms with Crippen molar-refractivity contribution in [2.45, 2.75) is 38.5 Å². The first kappa shape index (κ1) is 26.1. The Labute approximate surface area is 247 Å². The predicted octanol–water partition coefficient (Wildman–Crippen LogP) is 9.68. The molecule has 192 valence electrons. The van der Waals surface area contributed by atoms with E-state index >= 15 is 0 Å². The molecular formula is C30H18N6S4. The van der Waals surface area contributed by atoms with Crippen molar-refractivity contribution in [3.05, 3.63) is 79.6 Å². The third kappa shape index (κ3) is 3.81. The molecule has 4 aromatic heterocycles. The third-order valence-electron chi connectivity index (χ3n) is 7.28. The fraction of sp³-hybridized carbons (Fsp3) is 0.200. The number of allylic oxidation sites excluding steroid dienone is 1. The van der Waals surface area contributed by atoms with Crippen molar-refractivity contribution in [3.8, 4) is 31.6 Å². The van der Waals surface area contributed by atoms with E-state index in [0.29, 0.717) is 10.0 Å². The second kappa shape index (κ2) is 9.20. The van der Waals surface area contributed by atoms with Crippen LogP contribution in [0.2, 0.25) is 0 Å². The van der Waals surface area contributed by atoms with Crippen LogP contribution in [0.5, 0.6) is 0 Å². The lowest BCUT2D eigenvalue weighted by Gasteiger charge is -2.29. The van der Waals surface area contributed by atoms with Crippen LogP contribution in [-0.4, -0.2) is 11.7 Å². The molecule has 0 radical (unpaired) electrons. The van der Waals surface area contributed by atoms with Crippen LogP contribution in [0.3, 0.4) is 0 Å². The Hall–Kier alpha value is -4.16. The quantitative estimate of drug-likeness (QED) is 0.135. The highest BCUT2D eigenvalue weighted by Gasteiger charge is 2.48. The summed E-state index contributed by atoms with van der Waals surface area (Å²) in [5, 5.41) is 19.4. The van der Waals surface area contributed by atoms with Crippen LogP contribution in [0.1, 0.15) is 54.1 Å². The van der Waals surface area contributed by atoms with E-state index in [9.17, 15) is 0 Å². The lowest BCUT2D eigenvalue weighted by molar-refractivity contribution is 0.620. The van der Waals surface area contributed by atoms with Gasteiger partial charge in [-0.15, -0.1) is 22.7 Å². The number of nitrogens with zero attached hydrogens (tertiary/aromatic N) is 6. The molecule has 0 unspecified atom stereocenters. The molecule has 2 aliphatic rings. The van der Waals surface area contributed by atoms with Gasteiger partial charge >= 0.3 is 11.7 Å². The summed E-state index contributed by atoms with van der Waals surface area (Å²) in [5.41, 5.74) is 4.97. The van der Waals surface area contributed by atoms with E-state index in [0.717, 1.165) is 9.75 Å². The Bertz CT molecular complexity index is 1980. The van der Waals surface area contributed by atoms with Gasteiger partial charge in [0.1, 0.15) is 12.1 Å². The molecular weight excluding hydrogens is 573 g/mol. The van der Waals surface area contributed by atoms with Crippen molar-refractivity contribution >= 4 is 78.7 Å². The Morgan fingerprint density at radius 3 is 1.95 bits per heavy atom. The highest BCUT2D eigenvalue weighted by molar-refractivity contribution is 7.28. The molecule has 4 heterocycles. The van der Waals surface area contributed by atoms with E-state index in [2.05, 4.69) is 59.5 Å². The normalized spacial score (nSPS) is 16.2. The van der Waals surface area contributed by atoms with Crippen LogP contribution in [0.15, 0.2) is 40.3 Å². The summed E-state index contributed by atoms with van der Waals surface area (Å²) >= 11 is 6.65. The van der Waals surface area contributed by atoms with E-state index in [4.69, 9.17) is 23.7 Å². The molecule has 0 saturated heterocycles. The number of nitriles is 2. The van der Waals surface area contributed by atoms with Gasteiger partial charge in [0, 0.05) is 40.1 Å². The number of hydrogen-bond acceptors (Lipinski definition) is 8. The standard InChI is InChI=1S/C30H18N6S4/c1-29(2)15(17-7-9-23(37-17)35-21(13-31)33-5)11-20-25(29)26-28(40-20)27-16(30(26,3)4)12-19(39-27)18-8-10-24(38-18)36-22(14-32)34-6/h7-12H,1-4H3. The number of fused-ring (bicyclic) bond motifs is 5. The zero-order chi connectivity index (χ0) is 28.4. The van der Waals surface area contributed by atoms with E-state index in [1.54, 1.807) is 11.3 Å². The summed E-state index contributed by atoms with van der Waals surface area (Å²) in [4.78, 5) is 22.0. The van der Waals surface area contributed by atoms with E-state index in [-0.39, 0.29) is 22.5 Å². The second-order valence-corrected chi connectivity index (χ2v) is 14.5. The van der Waals surface area contributed by atoms with Gasteiger partial charge in [-0.3, -0.25) is 0 Å². The largest absolute Gasteiger partial charge is 0.351 e. The molecule has 6 rings (SSSR count). The number of amidine groups is 2. The maximum Gasteiger partial charge on any atom is 0.350 e. The molecule has 0 spiro atoms. The molecule has 6 nitrogen and oxygen atoms in total. The van der Waals surface area contributed by atoms with Gasteiger partial charge in [0.2, 0.25) is 10.0 Å². The van der Waals surface area contributed by atoms with Crippen LogP contribution >= 0.6 is 45.3 Å². The van der Waals surface area contributed by atoms with Crippen molar-refractivity contribution < 1.29 is 0 Å². The summed E-state index contributed by atoms with van der Waals surface area (Å²) < 4.78 is 0. The smallest absolute Gasteiger partial charge is 0.350 e. The number of rotatable bonds is 4. The molecule has 0 fully saturated rings. The van der Waals surface area contributed by atoms with Crippen molar-refractivity contribution in [3.63, 3.8) is 0 Å². The van der Waals surface area contributed by atoms with Crippen LogP contribution in [0.25, 0.3) is 40.8 Å². The van der Waals surface area contributed by atoms with Gasteiger partial charge in [-0.2, -0.15) is 0 Å². The minimum absolute atomic E-state index is 0.154. The fourth-order valence-corrected chi connectivity index (χ4v) is 10.5. The second-order valence-electron chi connectivity index (χ2n) is 10.3. The minimum atomic E-state index is -0.209. The fourth-order valence-electron chi connectivity index (χ4n) is 5.44. The van der Waals surface area contributed by atoms with Crippen molar-refractivity contribution in [1.82, 2.24) is 0 Å². The maximum atomic E-state index is 9.08. The van der Waals surface area contributed by atoms with Crippen molar-refractivity contribution in [1.29, 1.82) is 10.5 Å². The highest BCUT2D eigenvalue weighted by Crippen LogP contribution is 2.64. The number of aliphatic imine (C=N–C) groups is 2. The molecule has 2 aliphatic carbocycles. The summed E-state index contributed by atoms with van der Waals surface area (Å²) in [6.07, 6.45) is 2.30. The van der Waals surface area contributed by atoms with Crippen LogP contribution in [0.4, 0.5) is 10.0 Å².